The smallest absolute Gasteiger partial charge is 0.216 e. The van der Waals surface area contributed by atoms with E-state index in [1.807, 2.05) is 0 Å². The van der Waals surface area contributed by atoms with Gasteiger partial charge in [-0.15, -0.1) is 0 Å². The number of ether oxygens (including phenoxy) is 1. The average Bonchev–Trinajstić information content (AvgIpc) is 2.11. The van der Waals surface area contributed by atoms with E-state index < -0.39 is 21.4 Å². The Balaban J connectivity index is 2.74. The van der Waals surface area contributed by atoms with E-state index in [9.17, 15) is 8.42 Å². The maximum atomic E-state index is 10.6. The van der Waals surface area contributed by atoms with Crippen LogP contribution in [0.2, 0.25) is 0 Å². The van der Waals surface area contributed by atoms with E-state index in [2.05, 4.69) is 4.74 Å². The molecule has 60 valence electrons. The molecule has 1 heterocycles. The fourth-order valence-corrected chi connectivity index (χ4v) is 1.64. The highest BCUT2D eigenvalue weighted by molar-refractivity contribution is 7.89. The van der Waals surface area contributed by atoms with Gasteiger partial charge in [-0.1, -0.05) is 0 Å². The third-order valence-corrected chi connectivity index (χ3v) is 2.72. The number of sulfonamides is 1. The summed E-state index contributed by atoms with van der Waals surface area (Å²) in [7, 11) is -3.63. The van der Waals surface area contributed by atoms with Crippen molar-refractivity contribution in [3.8, 4) is 0 Å². The van der Waals surface area contributed by atoms with E-state index in [0.717, 1.165) is 0 Å². The quantitative estimate of drug-likeness (QED) is 0.474. The molecule has 0 aliphatic carbocycles. The molecule has 2 atom stereocenters. The summed E-state index contributed by atoms with van der Waals surface area (Å²) in [4.78, 5) is 0. The van der Waals surface area contributed by atoms with Crippen molar-refractivity contribution in [2.75, 3.05) is 13.2 Å². The summed E-state index contributed by atoms with van der Waals surface area (Å²) < 4.78 is 25.9. The lowest BCUT2D eigenvalue weighted by Crippen LogP contribution is -2.37. The molecule has 3 N–H and O–H groups in total. The Morgan fingerprint density at radius 3 is 2.30 bits per heavy atom. The summed E-state index contributed by atoms with van der Waals surface area (Å²) in [6.07, 6.45) is -0.963. The van der Waals surface area contributed by atoms with E-state index in [1.165, 1.54) is 0 Å². The Bertz CT molecular complexity index is 211. The van der Waals surface area contributed by atoms with Gasteiger partial charge < -0.3 is 9.84 Å². The van der Waals surface area contributed by atoms with Gasteiger partial charge in [0, 0.05) is 0 Å². The van der Waals surface area contributed by atoms with Gasteiger partial charge in [0.05, 0.1) is 19.3 Å². The Morgan fingerprint density at radius 2 is 2.10 bits per heavy atom. The van der Waals surface area contributed by atoms with Gasteiger partial charge in [0.1, 0.15) is 5.25 Å². The molecule has 0 saturated carbocycles. The highest BCUT2D eigenvalue weighted by Crippen LogP contribution is 2.11. The second-order valence-electron chi connectivity index (χ2n) is 2.23. The fourth-order valence-electron chi connectivity index (χ4n) is 0.837. The van der Waals surface area contributed by atoms with Crippen LogP contribution in [-0.2, 0) is 14.8 Å². The summed E-state index contributed by atoms with van der Waals surface area (Å²) in [6, 6.07) is 0. The standard InChI is InChI=1S/C4H9NO4S/c5-10(7,8)4-2-9-1-3(4)6/h3-4,6H,1-2H2,(H2,5,7,8)/t3-,4-/m1/s1. The van der Waals surface area contributed by atoms with Crippen LogP contribution in [0.5, 0.6) is 0 Å². The molecule has 0 amide bonds. The first-order chi connectivity index (χ1) is 4.52. The van der Waals surface area contributed by atoms with E-state index in [0.29, 0.717) is 0 Å². The highest BCUT2D eigenvalue weighted by atomic mass is 32.2. The van der Waals surface area contributed by atoms with Gasteiger partial charge >= 0.3 is 0 Å². The van der Waals surface area contributed by atoms with Crippen molar-refractivity contribution in [2.45, 2.75) is 11.4 Å². The number of hydrogen-bond donors (Lipinski definition) is 2. The lowest BCUT2D eigenvalue weighted by molar-refractivity contribution is 0.127. The fraction of sp³-hybridized carbons (Fsp3) is 1.00. The summed E-state index contributed by atoms with van der Waals surface area (Å²) in [6.45, 7) is 0.0566. The van der Waals surface area contributed by atoms with Crippen LogP contribution >= 0.6 is 0 Å². The minimum Gasteiger partial charge on any atom is -0.389 e. The first-order valence-electron chi connectivity index (χ1n) is 2.79. The molecule has 6 heteroatoms. The molecule has 0 aromatic carbocycles. The number of aliphatic hydroxyl groups excluding tert-OH is 1. The predicted octanol–water partition coefficient (Wildman–Crippen LogP) is -1.97. The summed E-state index contributed by atoms with van der Waals surface area (Å²) >= 11 is 0. The molecule has 0 unspecified atom stereocenters. The molecule has 1 rings (SSSR count). The van der Waals surface area contributed by atoms with Crippen LogP contribution in [-0.4, -0.2) is 38.1 Å². The molecule has 1 saturated heterocycles. The second-order valence-corrected chi connectivity index (χ2v) is 4.02. The zero-order valence-electron chi connectivity index (χ0n) is 5.23. The largest absolute Gasteiger partial charge is 0.389 e. The molecule has 1 aliphatic heterocycles. The van der Waals surface area contributed by atoms with Crippen molar-refractivity contribution < 1.29 is 18.3 Å². The minimum absolute atomic E-state index is 0.000000000000000222. The van der Waals surface area contributed by atoms with Crippen LogP contribution in [0.4, 0.5) is 0 Å². The Kier molecular flexibility index (Phi) is 1.95. The van der Waals surface area contributed by atoms with Crippen LogP contribution in [0.1, 0.15) is 0 Å². The van der Waals surface area contributed by atoms with E-state index >= 15 is 0 Å². The number of aliphatic hydroxyl groups is 1. The summed E-state index contributed by atoms with van der Waals surface area (Å²) in [5, 5.41) is 12.8. The third kappa shape index (κ3) is 1.46. The van der Waals surface area contributed by atoms with Gasteiger partial charge in [0.15, 0.2) is 0 Å². The van der Waals surface area contributed by atoms with Crippen LogP contribution < -0.4 is 5.14 Å². The zero-order valence-corrected chi connectivity index (χ0v) is 6.04. The van der Waals surface area contributed by atoms with Gasteiger partial charge in [-0.2, -0.15) is 0 Å². The molecule has 1 fully saturated rings. The van der Waals surface area contributed by atoms with E-state index in [4.69, 9.17) is 10.2 Å². The number of nitrogens with two attached hydrogens (primary N) is 1. The maximum Gasteiger partial charge on any atom is 0.216 e. The van der Waals surface area contributed by atoms with E-state index in [1.54, 1.807) is 0 Å². The molecular weight excluding hydrogens is 158 g/mol. The molecule has 1 aliphatic rings. The van der Waals surface area contributed by atoms with Crippen molar-refractivity contribution in [3.05, 3.63) is 0 Å². The van der Waals surface area contributed by atoms with Gasteiger partial charge in [0.25, 0.3) is 0 Å². The van der Waals surface area contributed by atoms with Gasteiger partial charge in [-0.25, -0.2) is 13.6 Å². The number of hydrogen-bond acceptors (Lipinski definition) is 4. The lowest BCUT2D eigenvalue weighted by Gasteiger charge is -2.07. The average molecular weight is 167 g/mol. The van der Waals surface area contributed by atoms with Gasteiger partial charge in [-0.05, 0) is 0 Å². The number of rotatable bonds is 1. The summed E-state index contributed by atoms with van der Waals surface area (Å²) in [5.41, 5.74) is 0. The molecule has 0 spiro atoms. The molecule has 0 bridgehead atoms. The van der Waals surface area contributed by atoms with Crippen molar-refractivity contribution in [1.29, 1.82) is 0 Å². The highest BCUT2D eigenvalue weighted by Gasteiger charge is 2.34. The Hall–Kier alpha value is -0.170. The van der Waals surface area contributed by atoms with Crippen LogP contribution in [0.15, 0.2) is 0 Å². The maximum absolute atomic E-state index is 10.6. The van der Waals surface area contributed by atoms with Gasteiger partial charge in [0.2, 0.25) is 10.0 Å². The van der Waals surface area contributed by atoms with E-state index in [-0.39, 0.29) is 13.2 Å². The monoisotopic (exact) mass is 167 g/mol. The molecular formula is C4H9NO4S. The molecule has 0 aromatic rings. The van der Waals surface area contributed by atoms with Crippen molar-refractivity contribution in [1.82, 2.24) is 0 Å². The van der Waals surface area contributed by atoms with Gasteiger partial charge in [-0.3, -0.25) is 0 Å². The van der Waals surface area contributed by atoms with Crippen LogP contribution in [0, 0.1) is 0 Å². The first kappa shape index (κ1) is 7.93. The first-order valence-corrected chi connectivity index (χ1v) is 4.40. The Labute approximate surface area is 58.8 Å². The SMILES string of the molecule is NS(=O)(=O)[C@@H]1COC[C@H]1O. The van der Waals surface area contributed by atoms with Crippen LogP contribution in [0.3, 0.4) is 0 Å². The molecule has 10 heavy (non-hydrogen) atoms. The topological polar surface area (TPSA) is 89.6 Å². The van der Waals surface area contributed by atoms with Crippen molar-refractivity contribution in [2.24, 2.45) is 5.14 Å². The number of primary sulfonamides is 1. The minimum atomic E-state index is -3.63. The molecule has 5 nitrogen and oxygen atoms in total. The van der Waals surface area contributed by atoms with Crippen molar-refractivity contribution >= 4 is 10.0 Å². The molecule has 0 aromatic heterocycles. The Morgan fingerprint density at radius 1 is 1.50 bits per heavy atom. The summed E-state index contributed by atoms with van der Waals surface area (Å²) in [5.74, 6) is 0. The normalized spacial score (nSPS) is 34.6. The lowest BCUT2D eigenvalue weighted by atomic mass is 10.3. The predicted molar refractivity (Wildman–Crippen MR) is 33.7 cm³/mol. The zero-order chi connectivity index (χ0) is 7.78. The second kappa shape index (κ2) is 2.46. The molecule has 0 radical (unpaired) electrons. The van der Waals surface area contributed by atoms with Crippen molar-refractivity contribution in [3.63, 3.8) is 0 Å². The van der Waals surface area contributed by atoms with Crippen LogP contribution in [0.25, 0.3) is 0 Å². The third-order valence-electron chi connectivity index (χ3n) is 1.42.